The van der Waals surface area contributed by atoms with Crippen LogP contribution in [0.15, 0.2) is 27.9 Å². The zero-order valence-corrected chi connectivity index (χ0v) is 10.7. The fraction of sp³-hybridized carbons (Fsp3) is 0.417. The molecule has 2 rings (SSSR count). The molecular weight excluding hydrogens is 268 g/mol. The Bertz CT molecular complexity index is 644. The summed E-state index contributed by atoms with van der Waals surface area (Å²) in [5.41, 5.74) is -1.20. The van der Waals surface area contributed by atoms with E-state index in [2.05, 4.69) is 9.72 Å². The highest BCUT2D eigenvalue weighted by atomic mass is 16.5. The largest absolute Gasteiger partial charge is 0.469 e. The Kier molecular flexibility index (Phi) is 4.16. The molecule has 8 heteroatoms. The number of nitrogens with zero attached hydrogens (tertiary/aromatic N) is 1. The third-order valence-corrected chi connectivity index (χ3v) is 2.86. The molecule has 8 nitrogen and oxygen atoms in total. The number of hydrogen-bond donors (Lipinski definition) is 2. The summed E-state index contributed by atoms with van der Waals surface area (Å²) in [6, 6.07) is 0. The van der Waals surface area contributed by atoms with E-state index in [0.717, 1.165) is 4.57 Å². The summed E-state index contributed by atoms with van der Waals surface area (Å²) >= 11 is 0. The normalized spacial score (nSPS) is 21.1. The van der Waals surface area contributed by atoms with Gasteiger partial charge in [0.2, 0.25) is 0 Å². The first-order valence-corrected chi connectivity index (χ1v) is 5.91. The minimum Gasteiger partial charge on any atom is -0.469 e. The van der Waals surface area contributed by atoms with Crippen molar-refractivity contribution in [3.63, 3.8) is 0 Å². The summed E-state index contributed by atoms with van der Waals surface area (Å²) in [6.07, 6.45) is 2.99. The van der Waals surface area contributed by atoms with Gasteiger partial charge in [0.25, 0.3) is 5.56 Å². The van der Waals surface area contributed by atoms with Gasteiger partial charge in [-0.3, -0.25) is 19.1 Å². The fourth-order valence-electron chi connectivity index (χ4n) is 1.82. The third kappa shape index (κ3) is 2.86. The molecule has 2 atom stereocenters. The molecule has 2 N–H and O–H groups in total. The van der Waals surface area contributed by atoms with Gasteiger partial charge in [0.05, 0.1) is 20.1 Å². The summed E-state index contributed by atoms with van der Waals surface area (Å²) in [6.45, 7) is -0.208. The number of aromatic amines is 1. The van der Waals surface area contributed by atoms with Gasteiger partial charge in [0.15, 0.2) is 6.23 Å². The van der Waals surface area contributed by atoms with Crippen LogP contribution in [0.25, 0.3) is 0 Å². The summed E-state index contributed by atoms with van der Waals surface area (Å²) in [5.74, 6) is -0.586. The molecule has 1 aliphatic heterocycles. The lowest BCUT2D eigenvalue weighted by Gasteiger charge is -2.15. The fourth-order valence-corrected chi connectivity index (χ4v) is 1.82. The molecule has 1 aromatic rings. The van der Waals surface area contributed by atoms with Crippen molar-refractivity contribution in [2.24, 2.45) is 0 Å². The SMILES string of the molecule is COC(=O)Cc1cn([C@@H]2C=C[C@H](CO)O2)c(=O)[nH]c1=O. The van der Waals surface area contributed by atoms with Gasteiger partial charge >= 0.3 is 11.7 Å². The summed E-state index contributed by atoms with van der Waals surface area (Å²) in [7, 11) is 1.21. The van der Waals surface area contributed by atoms with Gasteiger partial charge in [-0.1, -0.05) is 6.08 Å². The van der Waals surface area contributed by atoms with Gasteiger partial charge in [-0.2, -0.15) is 0 Å². The summed E-state index contributed by atoms with van der Waals surface area (Å²) in [4.78, 5) is 36.7. The van der Waals surface area contributed by atoms with Crippen molar-refractivity contribution in [3.8, 4) is 0 Å². The molecule has 0 aromatic carbocycles. The number of carbonyl (C=O) groups is 1. The molecule has 0 aliphatic carbocycles. The number of nitrogens with one attached hydrogen (secondary N) is 1. The molecule has 0 amide bonds. The molecule has 0 saturated heterocycles. The van der Waals surface area contributed by atoms with E-state index < -0.39 is 29.6 Å². The van der Waals surface area contributed by atoms with E-state index in [-0.39, 0.29) is 18.6 Å². The van der Waals surface area contributed by atoms with Crippen LogP contribution in [0.2, 0.25) is 0 Å². The second kappa shape index (κ2) is 5.85. The lowest BCUT2D eigenvalue weighted by atomic mass is 10.2. The minimum absolute atomic E-state index is 0.0981. The topological polar surface area (TPSA) is 111 Å². The van der Waals surface area contributed by atoms with Crippen LogP contribution in [-0.2, 0) is 20.7 Å². The number of ether oxygens (including phenoxy) is 2. The van der Waals surface area contributed by atoms with E-state index in [4.69, 9.17) is 9.84 Å². The molecule has 108 valence electrons. The Labute approximate surface area is 113 Å². The number of aromatic nitrogens is 2. The number of hydrogen-bond acceptors (Lipinski definition) is 6. The number of methoxy groups -OCH3 is 1. The highest BCUT2D eigenvalue weighted by Gasteiger charge is 2.22. The molecule has 20 heavy (non-hydrogen) atoms. The maximum absolute atomic E-state index is 11.7. The second-order valence-electron chi connectivity index (χ2n) is 4.21. The van der Waals surface area contributed by atoms with E-state index in [1.165, 1.54) is 13.3 Å². The molecule has 1 aromatic heterocycles. The maximum Gasteiger partial charge on any atom is 0.330 e. The highest BCUT2D eigenvalue weighted by molar-refractivity contribution is 5.72. The highest BCUT2D eigenvalue weighted by Crippen LogP contribution is 2.18. The Balaban J connectivity index is 2.32. The first-order chi connectivity index (χ1) is 9.55. The van der Waals surface area contributed by atoms with Gasteiger partial charge < -0.3 is 14.6 Å². The average Bonchev–Trinajstić information content (AvgIpc) is 2.90. The third-order valence-electron chi connectivity index (χ3n) is 2.86. The van der Waals surface area contributed by atoms with Crippen molar-refractivity contribution in [2.45, 2.75) is 18.8 Å². The van der Waals surface area contributed by atoms with E-state index >= 15 is 0 Å². The Morgan fingerprint density at radius 3 is 2.85 bits per heavy atom. The quantitative estimate of drug-likeness (QED) is 0.524. The standard InChI is InChI=1S/C12H14N2O6/c1-19-10(16)4-7-5-14(12(18)13-11(7)17)9-3-2-8(6-15)20-9/h2-3,5,8-9,15H,4,6H2,1H3,(H,13,17,18)/t8-,9+/m1/s1. The lowest BCUT2D eigenvalue weighted by molar-refractivity contribution is -0.139. The van der Waals surface area contributed by atoms with Gasteiger partial charge in [-0.05, 0) is 6.08 Å². The predicted molar refractivity (Wildman–Crippen MR) is 67.2 cm³/mol. The van der Waals surface area contributed by atoms with Crippen molar-refractivity contribution in [2.75, 3.05) is 13.7 Å². The van der Waals surface area contributed by atoms with Crippen LogP contribution in [0.3, 0.4) is 0 Å². The van der Waals surface area contributed by atoms with Crippen LogP contribution >= 0.6 is 0 Å². The second-order valence-corrected chi connectivity index (χ2v) is 4.21. The molecule has 0 unspecified atom stereocenters. The van der Waals surface area contributed by atoms with Crippen molar-refractivity contribution in [1.29, 1.82) is 0 Å². The van der Waals surface area contributed by atoms with Gasteiger partial charge in [0, 0.05) is 11.8 Å². The monoisotopic (exact) mass is 282 g/mol. The molecule has 0 bridgehead atoms. The number of aliphatic hydroxyl groups excluding tert-OH is 1. The molecule has 0 spiro atoms. The van der Waals surface area contributed by atoms with Crippen molar-refractivity contribution in [1.82, 2.24) is 9.55 Å². The number of H-pyrrole nitrogens is 1. The van der Waals surface area contributed by atoms with Gasteiger partial charge in [0.1, 0.15) is 6.10 Å². The van der Waals surface area contributed by atoms with E-state index in [9.17, 15) is 14.4 Å². The number of aliphatic hydroxyl groups is 1. The summed E-state index contributed by atoms with van der Waals surface area (Å²) in [5, 5.41) is 8.97. The average molecular weight is 282 g/mol. The van der Waals surface area contributed by atoms with Crippen LogP contribution < -0.4 is 11.2 Å². The first-order valence-electron chi connectivity index (χ1n) is 5.91. The zero-order valence-electron chi connectivity index (χ0n) is 10.7. The maximum atomic E-state index is 11.7. The molecule has 1 aliphatic rings. The molecule has 0 radical (unpaired) electrons. The number of rotatable bonds is 4. The Hall–Kier alpha value is -2.19. The van der Waals surface area contributed by atoms with Crippen LogP contribution in [0.4, 0.5) is 0 Å². The molecule has 2 heterocycles. The van der Waals surface area contributed by atoms with E-state index in [1.807, 2.05) is 0 Å². The number of esters is 1. The van der Waals surface area contributed by atoms with Crippen LogP contribution in [0, 0.1) is 0 Å². The lowest BCUT2D eigenvalue weighted by Crippen LogP contribution is -2.35. The zero-order chi connectivity index (χ0) is 14.7. The Morgan fingerprint density at radius 2 is 2.25 bits per heavy atom. The van der Waals surface area contributed by atoms with Gasteiger partial charge in [-0.15, -0.1) is 0 Å². The van der Waals surface area contributed by atoms with Crippen molar-refractivity contribution < 1.29 is 19.4 Å². The van der Waals surface area contributed by atoms with Crippen LogP contribution in [0.1, 0.15) is 11.8 Å². The van der Waals surface area contributed by atoms with Gasteiger partial charge in [-0.25, -0.2) is 4.79 Å². The molecular formula is C12H14N2O6. The Morgan fingerprint density at radius 1 is 1.50 bits per heavy atom. The molecule has 0 saturated carbocycles. The first kappa shape index (κ1) is 14.2. The number of carbonyl (C=O) groups excluding carboxylic acids is 1. The predicted octanol–water partition coefficient (Wildman–Crippen LogP) is -1.30. The van der Waals surface area contributed by atoms with Crippen LogP contribution in [-0.4, -0.2) is 40.4 Å². The summed E-state index contributed by atoms with van der Waals surface area (Å²) < 4.78 is 11.0. The minimum atomic E-state index is -0.729. The van der Waals surface area contributed by atoms with Crippen LogP contribution in [0.5, 0.6) is 0 Å². The van der Waals surface area contributed by atoms with E-state index in [1.54, 1.807) is 12.2 Å². The van der Waals surface area contributed by atoms with Crippen molar-refractivity contribution >= 4 is 5.97 Å². The van der Waals surface area contributed by atoms with E-state index in [0.29, 0.717) is 0 Å². The smallest absolute Gasteiger partial charge is 0.330 e. The van der Waals surface area contributed by atoms with Crippen molar-refractivity contribution in [3.05, 3.63) is 44.8 Å². The molecule has 0 fully saturated rings.